The second kappa shape index (κ2) is 2.97. The van der Waals surface area contributed by atoms with Gasteiger partial charge in [-0.2, -0.15) is 0 Å². The van der Waals surface area contributed by atoms with Crippen molar-refractivity contribution in [3.63, 3.8) is 0 Å². The summed E-state index contributed by atoms with van der Waals surface area (Å²) in [6, 6.07) is 0. The van der Waals surface area contributed by atoms with Crippen molar-refractivity contribution >= 4 is 17.1 Å². The van der Waals surface area contributed by atoms with Crippen LogP contribution in [-0.2, 0) is 6.54 Å². The van der Waals surface area contributed by atoms with Crippen molar-refractivity contribution in [1.29, 1.82) is 0 Å². The molecule has 68 valence electrons. The number of hydrogen-bond acceptors (Lipinski definition) is 3. The van der Waals surface area contributed by atoms with E-state index in [0.717, 1.165) is 17.0 Å². The molecule has 2 rings (SSSR count). The lowest BCUT2D eigenvalue weighted by Crippen LogP contribution is -2.05. The lowest BCUT2D eigenvalue weighted by atomic mass is 10.4. The van der Waals surface area contributed by atoms with Crippen LogP contribution < -0.4 is 5.73 Å². The predicted octanol–water partition coefficient (Wildman–Crippen LogP) is 1.15. The molecule has 0 amide bonds. The molecule has 0 aliphatic heterocycles. The molecule has 0 aromatic carbocycles. The highest BCUT2D eigenvalue weighted by molar-refractivity contribution is 6.32. The molecule has 5 heteroatoms. The molecule has 0 unspecified atom stereocenters. The highest BCUT2D eigenvalue weighted by Gasteiger charge is 2.07. The van der Waals surface area contributed by atoms with E-state index in [1.807, 2.05) is 11.3 Å². The van der Waals surface area contributed by atoms with E-state index in [2.05, 4.69) is 9.97 Å². The molecule has 2 aromatic heterocycles. The molecule has 0 aliphatic rings. The van der Waals surface area contributed by atoms with Crippen LogP contribution in [0.1, 0.15) is 11.5 Å². The first-order valence-electron chi connectivity index (χ1n) is 3.91. The van der Waals surface area contributed by atoms with Gasteiger partial charge in [-0.1, -0.05) is 11.6 Å². The number of halogens is 1. The van der Waals surface area contributed by atoms with Gasteiger partial charge in [0, 0.05) is 11.9 Å². The maximum absolute atomic E-state index is 5.89. The Balaban J connectivity index is 2.87. The van der Waals surface area contributed by atoms with Gasteiger partial charge >= 0.3 is 0 Å². The fourth-order valence-corrected chi connectivity index (χ4v) is 1.53. The Bertz CT molecular complexity index is 449. The molecule has 0 spiro atoms. The average molecular weight is 197 g/mol. The van der Waals surface area contributed by atoms with Crippen LogP contribution in [0.15, 0.2) is 12.4 Å². The fourth-order valence-electron chi connectivity index (χ4n) is 1.35. The van der Waals surface area contributed by atoms with Gasteiger partial charge in [-0.05, 0) is 6.92 Å². The third kappa shape index (κ3) is 1.18. The monoisotopic (exact) mass is 196 g/mol. The van der Waals surface area contributed by atoms with Crippen molar-refractivity contribution in [2.24, 2.45) is 5.73 Å². The van der Waals surface area contributed by atoms with E-state index >= 15 is 0 Å². The standard InChI is InChI=1S/C8H9ClN4/c1-5-3-12-8(9)6-4-11-7(2-10)13(5)6/h3-4H,2,10H2,1H3. The van der Waals surface area contributed by atoms with Gasteiger partial charge in [0.2, 0.25) is 0 Å². The molecule has 2 aromatic rings. The lowest BCUT2D eigenvalue weighted by Gasteiger charge is -2.03. The van der Waals surface area contributed by atoms with E-state index in [4.69, 9.17) is 17.3 Å². The third-order valence-electron chi connectivity index (χ3n) is 1.95. The number of fused-ring (bicyclic) bond motifs is 1. The van der Waals surface area contributed by atoms with E-state index in [-0.39, 0.29) is 0 Å². The van der Waals surface area contributed by atoms with Gasteiger partial charge in [-0.25, -0.2) is 9.97 Å². The van der Waals surface area contributed by atoms with Crippen molar-refractivity contribution in [2.45, 2.75) is 13.5 Å². The Kier molecular flexibility index (Phi) is 1.94. The van der Waals surface area contributed by atoms with Crippen LogP contribution in [0.4, 0.5) is 0 Å². The Morgan fingerprint density at radius 2 is 2.23 bits per heavy atom. The van der Waals surface area contributed by atoms with E-state index < -0.39 is 0 Å². The number of nitrogens with two attached hydrogens (primary N) is 1. The zero-order valence-electron chi connectivity index (χ0n) is 7.16. The molecule has 4 nitrogen and oxygen atoms in total. The van der Waals surface area contributed by atoms with Crippen molar-refractivity contribution < 1.29 is 0 Å². The first kappa shape index (κ1) is 8.47. The van der Waals surface area contributed by atoms with E-state index in [1.165, 1.54) is 0 Å². The highest BCUT2D eigenvalue weighted by Crippen LogP contribution is 2.17. The molecule has 0 aliphatic carbocycles. The highest BCUT2D eigenvalue weighted by atomic mass is 35.5. The molecule has 13 heavy (non-hydrogen) atoms. The van der Waals surface area contributed by atoms with Crippen molar-refractivity contribution in [3.8, 4) is 0 Å². The van der Waals surface area contributed by atoms with Gasteiger partial charge in [-0.15, -0.1) is 0 Å². The predicted molar refractivity (Wildman–Crippen MR) is 50.6 cm³/mol. The number of rotatable bonds is 1. The Hall–Kier alpha value is -1.13. The minimum absolute atomic E-state index is 0.398. The topological polar surface area (TPSA) is 56.2 Å². The summed E-state index contributed by atoms with van der Waals surface area (Å²) in [7, 11) is 0. The molecule has 0 fully saturated rings. The van der Waals surface area contributed by atoms with Crippen LogP contribution in [0.3, 0.4) is 0 Å². The van der Waals surface area contributed by atoms with Crippen LogP contribution in [0, 0.1) is 6.92 Å². The fraction of sp³-hybridized carbons (Fsp3) is 0.250. The zero-order valence-corrected chi connectivity index (χ0v) is 7.91. The summed E-state index contributed by atoms with van der Waals surface area (Å²) in [6.45, 7) is 2.34. The molecule has 2 heterocycles. The summed E-state index contributed by atoms with van der Waals surface area (Å²) >= 11 is 5.89. The zero-order chi connectivity index (χ0) is 9.42. The first-order valence-corrected chi connectivity index (χ1v) is 4.29. The van der Waals surface area contributed by atoms with Crippen LogP contribution in [0.25, 0.3) is 5.52 Å². The number of aromatic nitrogens is 3. The molecule has 0 atom stereocenters. The summed E-state index contributed by atoms with van der Waals surface area (Å²) in [6.07, 6.45) is 3.39. The normalized spacial score (nSPS) is 11.0. The summed E-state index contributed by atoms with van der Waals surface area (Å²) < 4.78 is 1.91. The number of imidazole rings is 1. The smallest absolute Gasteiger partial charge is 0.154 e. The third-order valence-corrected chi connectivity index (χ3v) is 2.24. The van der Waals surface area contributed by atoms with Crippen molar-refractivity contribution in [2.75, 3.05) is 0 Å². The Labute approximate surface area is 80.4 Å². The number of hydrogen-bond donors (Lipinski definition) is 1. The van der Waals surface area contributed by atoms with Crippen LogP contribution in [0.5, 0.6) is 0 Å². The molecule has 2 N–H and O–H groups in total. The summed E-state index contributed by atoms with van der Waals surface area (Å²) in [5.74, 6) is 0.803. The Morgan fingerprint density at radius 1 is 1.46 bits per heavy atom. The van der Waals surface area contributed by atoms with Gasteiger partial charge in [0.1, 0.15) is 11.3 Å². The minimum atomic E-state index is 0.398. The Morgan fingerprint density at radius 3 is 2.92 bits per heavy atom. The molecule has 0 saturated carbocycles. The number of nitrogens with zero attached hydrogens (tertiary/aromatic N) is 3. The minimum Gasteiger partial charge on any atom is -0.324 e. The largest absolute Gasteiger partial charge is 0.324 e. The van der Waals surface area contributed by atoms with E-state index in [9.17, 15) is 0 Å². The van der Waals surface area contributed by atoms with Gasteiger partial charge < -0.3 is 5.73 Å². The second-order valence-electron chi connectivity index (χ2n) is 2.79. The first-order chi connectivity index (χ1) is 6.24. The molecular weight excluding hydrogens is 188 g/mol. The number of aryl methyl sites for hydroxylation is 1. The van der Waals surface area contributed by atoms with Crippen molar-refractivity contribution in [3.05, 3.63) is 29.1 Å². The van der Waals surface area contributed by atoms with Crippen molar-refractivity contribution in [1.82, 2.24) is 14.4 Å². The van der Waals surface area contributed by atoms with Gasteiger partial charge in [0.05, 0.1) is 12.7 Å². The van der Waals surface area contributed by atoms with Gasteiger partial charge in [-0.3, -0.25) is 4.40 Å². The van der Waals surface area contributed by atoms with Gasteiger partial charge in [0.15, 0.2) is 5.15 Å². The van der Waals surface area contributed by atoms with Crippen LogP contribution >= 0.6 is 11.6 Å². The van der Waals surface area contributed by atoms with E-state index in [0.29, 0.717) is 11.7 Å². The summed E-state index contributed by atoms with van der Waals surface area (Å²) in [4.78, 5) is 8.17. The maximum atomic E-state index is 5.89. The average Bonchev–Trinajstić information content (AvgIpc) is 2.56. The summed E-state index contributed by atoms with van der Waals surface area (Å²) in [5.41, 5.74) is 7.32. The quantitative estimate of drug-likeness (QED) is 0.745. The van der Waals surface area contributed by atoms with Gasteiger partial charge in [0.25, 0.3) is 0 Å². The maximum Gasteiger partial charge on any atom is 0.154 e. The van der Waals surface area contributed by atoms with Crippen LogP contribution in [-0.4, -0.2) is 14.4 Å². The molecule has 0 saturated heterocycles. The molecular formula is C8H9ClN4. The van der Waals surface area contributed by atoms with E-state index in [1.54, 1.807) is 12.4 Å². The summed E-state index contributed by atoms with van der Waals surface area (Å²) in [5, 5.41) is 0.456. The lowest BCUT2D eigenvalue weighted by molar-refractivity contribution is 0.876. The molecule has 0 radical (unpaired) electrons. The second-order valence-corrected chi connectivity index (χ2v) is 3.15. The SMILES string of the molecule is Cc1cnc(Cl)c2cnc(CN)n12. The van der Waals surface area contributed by atoms with Crippen LogP contribution in [0.2, 0.25) is 5.15 Å². The molecule has 0 bridgehead atoms.